The first-order chi connectivity index (χ1) is 13.2. The van der Waals surface area contributed by atoms with E-state index in [2.05, 4.69) is 0 Å². The number of carbonyl (C=O) groups excluding carboxylic acids is 2. The Morgan fingerprint density at radius 2 is 1.70 bits per heavy atom. The van der Waals surface area contributed by atoms with Crippen molar-refractivity contribution in [1.82, 2.24) is 4.90 Å². The second kappa shape index (κ2) is 9.17. The van der Waals surface area contributed by atoms with E-state index in [1.807, 2.05) is 72.5 Å². The Morgan fingerprint density at radius 3 is 2.33 bits per heavy atom. The molecule has 0 aromatic heterocycles. The van der Waals surface area contributed by atoms with Crippen LogP contribution in [0.25, 0.3) is 6.08 Å². The second-order valence-electron chi connectivity index (χ2n) is 6.67. The van der Waals surface area contributed by atoms with Gasteiger partial charge in [-0.1, -0.05) is 30.3 Å². The monoisotopic (exact) mass is 363 g/mol. The highest BCUT2D eigenvalue weighted by atomic mass is 16.5. The molecule has 4 heteroatoms. The van der Waals surface area contributed by atoms with E-state index in [0.29, 0.717) is 38.1 Å². The Balaban J connectivity index is 1.52. The largest absolute Gasteiger partial charge is 0.494 e. The molecule has 2 aromatic carbocycles. The van der Waals surface area contributed by atoms with Crippen LogP contribution in [0.5, 0.6) is 5.75 Å². The van der Waals surface area contributed by atoms with Crippen LogP contribution in [-0.4, -0.2) is 36.3 Å². The number of Topliss-reactive ketones (excluding diaryl/α,β-unsaturated/α-hetero) is 1. The lowest BCUT2D eigenvalue weighted by Crippen LogP contribution is -2.39. The van der Waals surface area contributed by atoms with Crippen molar-refractivity contribution in [1.29, 1.82) is 0 Å². The average molecular weight is 363 g/mol. The van der Waals surface area contributed by atoms with Crippen molar-refractivity contribution in [2.45, 2.75) is 19.8 Å². The molecule has 0 N–H and O–H groups in total. The lowest BCUT2D eigenvalue weighted by Gasteiger charge is -2.30. The molecule has 1 saturated heterocycles. The zero-order chi connectivity index (χ0) is 19.1. The summed E-state index contributed by atoms with van der Waals surface area (Å²) in [4.78, 5) is 26.9. The molecular weight excluding hydrogens is 338 g/mol. The SMILES string of the molecule is CCOc1ccc(C(=O)C2CCN(C(=O)/C=C/c3ccccc3)CC2)cc1. The summed E-state index contributed by atoms with van der Waals surface area (Å²) in [5.74, 6) is 0.917. The van der Waals surface area contributed by atoms with Crippen LogP contribution in [0.2, 0.25) is 0 Å². The minimum Gasteiger partial charge on any atom is -0.494 e. The normalized spacial score (nSPS) is 15.1. The fraction of sp³-hybridized carbons (Fsp3) is 0.304. The Hall–Kier alpha value is -2.88. The van der Waals surface area contributed by atoms with E-state index in [4.69, 9.17) is 4.74 Å². The summed E-state index contributed by atoms with van der Waals surface area (Å²) in [6.07, 6.45) is 4.86. The number of ether oxygens (including phenoxy) is 1. The molecule has 1 amide bonds. The standard InChI is InChI=1S/C23H25NO3/c1-2-27-21-11-9-19(10-12-21)23(26)20-14-16-24(17-15-20)22(25)13-8-18-6-4-3-5-7-18/h3-13,20H,2,14-17H2,1H3/b13-8+. The van der Waals surface area contributed by atoms with Crippen LogP contribution in [0.15, 0.2) is 60.7 Å². The third-order valence-electron chi connectivity index (χ3n) is 4.85. The molecule has 1 heterocycles. The summed E-state index contributed by atoms with van der Waals surface area (Å²) < 4.78 is 5.42. The van der Waals surface area contributed by atoms with Crippen LogP contribution >= 0.6 is 0 Å². The van der Waals surface area contributed by atoms with Crippen molar-refractivity contribution in [3.05, 3.63) is 71.8 Å². The van der Waals surface area contributed by atoms with Crippen LogP contribution in [0.3, 0.4) is 0 Å². The second-order valence-corrected chi connectivity index (χ2v) is 6.67. The van der Waals surface area contributed by atoms with E-state index in [-0.39, 0.29) is 17.6 Å². The molecule has 0 radical (unpaired) electrons. The van der Waals surface area contributed by atoms with Gasteiger partial charge < -0.3 is 9.64 Å². The Bertz CT molecular complexity index is 788. The van der Waals surface area contributed by atoms with Crippen LogP contribution in [0.1, 0.15) is 35.7 Å². The van der Waals surface area contributed by atoms with Gasteiger partial charge in [0.2, 0.25) is 5.91 Å². The van der Waals surface area contributed by atoms with Gasteiger partial charge in [0.25, 0.3) is 0 Å². The first-order valence-corrected chi connectivity index (χ1v) is 9.46. The number of benzene rings is 2. The third kappa shape index (κ3) is 5.07. The predicted molar refractivity (Wildman–Crippen MR) is 107 cm³/mol. The average Bonchev–Trinajstić information content (AvgIpc) is 2.73. The number of hydrogen-bond donors (Lipinski definition) is 0. The number of hydrogen-bond acceptors (Lipinski definition) is 3. The summed E-state index contributed by atoms with van der Waals surface area (Å²) in [6, 6.07) is 17.1. The molecule has 0 spiro atoms. The third-order valence-corrected chi connectivity index (χ3v) is 4.85. The summed E-state index contributed by atoms with van der Waals surface area (Å²) in [5, 5.41) is 0. The van der Waals surface area contributed by atoms with Gasteiger partial charge in [0.15, 0.2) is 5.78 Å². The van der Waals surface area contributed by atoms with Crippen LogP contribution < -0.4 is 4.74 Å². The van der Waals surface area contributed by atoms with Crippen LogP contribution in [-0.2, 0) is 4.79 Å². The van der Waals surface area contributed by atoms with Crippen LogP contribution in [0.4, 0.5) is 0 Å². The van der Waals surface area contributed by atoms with E-state index >= 15 is 0 Å². The van der Waals surface area contributed by atoms with Gasteiger partial charge >= 0.3 is 0 Å². The molecule has 4 nitrogen and oxygen atoms in total. The van der Waals surface area contributed by atoms with Crippen molar-refractivity contribution >= 4 is 17.8 Å². The summed E-state index contributed by atoms with van der Waals surface area (Å²) in [5.41, 5.74) is 1.72. The maximum Gasteiger partial charge on any atom is 0.246 e. The van der Waals surface area contributed by atoms with Gasteiger partial charge in [-0.15, -0.1) is 0 Å². The molecule has 0 bridgehead atoms. The minimum absolute atomic E-state index is 0.00539. The number of ketones is 1. The van der Waals surface area contributed by atoms with Crippen molar-refractivity contribution < 1.29 is 14.3 Å². The highest BCUT2D eigenvalue weighted by molar-refractivity contribution is 5.98. The summed E-state index contributed by atoms with van der Waals surface area (Å²) in [7, 11) is 0. The van der Waals surface area contributed by atoms with Gasteiger partial charge in [-0.05, 0) is 55.7 Å². The number of piperidine rings is 1. The Morgan fingerprint density at radius 1 is 1.04 bits per heavy atom. The molecule has 0 saturated carbocycles. The molecule has 0 aliphatic carbocycles. The molecular formula is C23H25NO3. The predicted octanol–water partition coefficient (Wildman–Crippen LogP) is 4.22. The van der Waals surface area contributed by atoms with Gasteiger partial charge in [-0.3, -0.25) is 9.59 Å². The lowest BCUT2D eigenvalue weighted by molar-refractivity contribution is -0.127. The molecule has 2 aromatic rings. The van der Waals surface area contributed by atoms with E-state index in [1.165, 1.54) is 0 Å². The Kier molecular flexibility index (Phi) is 6.42. The van der Waals surface area contributed by atoms with Crippen molar-refractivity contribution in [2.75, 3.05) is 19.7 Å². The smallest absolute Gasteiger partial charge is 0.246 e. The van der Waals surface area contributed by atoms with Gasteiger partial charge in [0, 0.05) is 30.6 Å². The summed E-state index contributed by atoms with van der Waals surface area (Å²) in [6.45, 7) is 3.78. The van der Waals surface area contributed by atoms with Gasteiger partial charge in [0.1, 0.15) is 5.75 Å². The molecule has 0 atom stereocenters. The van der Waals surface area contributed by atoms with E-state index in [1.54, 1.807) is 6.08 Å². The summed E-state index contributed by atoms with van der Waals surface area (Å²) >= 11 is 0. The van der Waals surface area contributed by atoms with E-state index in [9.17, 15) is 9.59 Å². The molecule has 0 unspecified atom stereocenters. The fourth-order valence-electron chi connectivity index (χ4n) is 3.32. The molecule has 1 aliphatic heterocycles. The number of carbonyl (C=O) groups is 2. The first kappa shape index (κ1) is 18.9. The zero-order valence-corrected chi connectivity index (χ0v) is 15.6. The van der Waals surface area contributed by atoms with E-state index in [0.717, 1.165) is 11.3 Å². The number of rotatable bonds is 6. The number of likely N-dealkylation sites (tertiary alicyclic amines) is 1. The van der Waals surface area contributed by atoms with Crippen molar-refractivity contribution in [2.24, 2.45) is 5.92 Å². The fourth-order valence-corrected chi connectivity index (χ4v) is 3.32. The first-order valence-electron chi connectivity index (χ1n) is 9.46. The Labute approximate surface area is 160 Å². The number of nitrogens with zero attached hydrogens (tertiary/aromatic N) is 1. The van der Waals surface area contributed by atoms with Gasteiger partial charge in [-0.25, -0.2) is 0 Å². The quantitative estimate of drug-likeness (QED) is 0.570. The van der Waals surface area contributed by atoms with E-state index < -0.39 is 0 Å². The highest BCUT2D eigenvalue weighted by Crippen LogP contribution is 2.23. The molecule has 1 aliphatic rings. The lowest BCUT2D eigenvalue weighted by atomic mass is 9.89. The molecule has 140 valence electrons. The van der Waals surface area contributed by atoms with Gasteiger partial charge in [0.05, 0.1) is 6.61 Å². The molecule has 3 rings (SSSR count). The van der Waals surface area contributed by atoms with Crippen LogP contribution in [0, 0.1) is 5.92 Å². The topological polar surface area (TPSA) is 46.6 Å². The highest BCUT2D eigenvalue weighted by Gasteiger charge is 2.27. The van der Waals surface area contributed by atoms with Crippen molar-refractivity contribution in [3.63, 3.8) is 0 Å². The zero-order valence-electron chi connectivity index (χ0n) is 15.6. The maximum absolute atomic E-state index is 12.7. The number of amides is 1. The van der Waals surface area contributed by atoms with Crippen molar-refractivity contribution in [3.8, 4) is 5.75 Å². The maximum atomic E-state index is 12.7. The molecule has 1 fully saturated rings. The minimum atomic E-state index is -0.0231. The van der Waals surface area contributed by atoms with Gasteiger partial charge in [-0.2, -0.15) is 0 Å². The molecule has 27 heavy (non-hydrogen) atoms.